The summed E-state index contributed by atoms with van der Waals surface area (Å²) in [5, 5.41) is 7.61. The van der Waals surface area contributed by atoms with E-state index < -0.39 is 0 Å². The molecule has 8 heteroatoms. The molecule has 1 saturated heterocycles. The summed E-state index contributed by atoms with van der Waals surface area (Å²) in [5.74, 6) is 0.860. The van der Waals surface area contributed by atoms with Gasteiger partial charge in [0.05, 0.1) is 25.8 Å². The van der Waals surface area contributed by atoms with Crippen LogP contribution in [0.15, 0.2) is 29.3 Å². The highest BCUT2D eigenvalue weighted by Gasteiger charge is 2.17. The maximum atomic E-state index is 6.03. The van der Waals surface area contributed by atoms with Crippen LogP contribution < -0.4 is 10.6 Å². The minimum atomic E-state index is 0. The number of hydrogen-bond donors (Lipinski definition) is 2. The van der Waals surface area contributed by atoms with Gasteiger partial charge in [0.15, 0.2) is 5.96 Å². The van der Waals surface area contributed by atoms with E-state index in [9.17, 15) is 0 Å². The smallest absolute Gasteiger partial charge is 0.191 e. The molecular formula is C20H35ClIN5O. The van der Waals surface area contributed by atoms with Gasteiger partial charge >= 0.3 is 0 Å². The molecule has 0 aromatic heterocycles. The van der Waals surface area contributed by atoms with E-state index in [-0.39, 0.29) is 30.0 Å². The Hall–Kier alpha value is -0.610. The molecule has 6 nitrogen and oxygen atoms in total. The van der Waals surface area contributed by atoms with E-state index in [0.29, 0.717) is 6.04 Å². The zero-order valence-electron chi connectivity index (χ0n) is 17.4. The number of nitrogens with zero attached hydrogens (tertiary/aromatic N) is 3. The van der Waals surface area contributed by atoms with E-state index in [1.807, 2.05) is 12.1 Å². The van der Waals surface area contributed by atoms with Gasteiger partial charge in [-0.05, 0) is 45.6 Å². The molecule has 1 heterocycles. The second kappa shape index (κ2) is 13.6. The van der Waals surface area contributed by atoms with Crippen molar-refractivity contribution < 1.29 is 4.74 Å². The molecule has 0 spiro atoms. The summed E-state index contributed by atoms with van der Waals surface area (Å²) in [6, 6.07) is 8.69. The van der Waals surface area contributed by atoms with Crippen LogP contribution in [-0.2, 0) is 4.74 Å². The van der Waals surface area contributed by atoms with Crippen LogP contribution in [0.3, 0.4) is 0 Å². The van der Waals surface area contributed by atoms with Crippen molar-refractivity contribution in [2.24, 2.45) is 4.99 Å². The molecule has 1 aliphatic heterocycles. The lowest BCUT2D eigenvalue weighted by Gasteiger charge is -2.31. The number of benzene rings is 1. The van der Waals surface area contributed by atoms with Gasteiger partial charge in [-0.3, -0.25) is 9.89 Å². The predicted octanol–water partition coefficient (Wildman–Crippen LogP) is 2.84. The van der Waals surface area contributed by atoms with Crippen LogP contribution >= 0.6 is 35.6 Å². The summed E-state index contributed by atoms with van der Waals surface area (Å²) in [4.78, 5) is 9.44. The third-order valence-corrected chi connectivity index (χ3v) is 5.12. The Labute approximate surface area is 192 Å². The normalized spacial score (nSPS) is 17.7. The van der Waals surface area contributed by atoms with E-state index in [1.54, 1.807) is 0 Å². The van der Waals surface area contributed by atoms with Crippen molar-refractivity contribution in [3.8, 4) is 0 Å². The maximum absolute atomic E-state index is 6.03. The summed E-state index contributed by atoms with van der Waals surface area (Å²) in [6.07, 6.45) is 0. The Kier molecular flexibility index (Phi) is 12.3. The quantitative estimate of drug-likeness (QED) is 0.312. The largest absolute Gasteiger partial charge is 0.379 e. The van der Waals surface area contributed by atoms with E-state index in [1.165, 1.54) is 5.56 Å². The molecule has 0 bridgehead atoms. The van der Waals surface area contributed by atoms with Gasteiger partial charge in [0.2, 0.25) is 0 Å². The van der Waals surface area contributed by atoms with E-state index >= 15 is 0 Å². The van der Waals surface area contributed by atoms with Crippen LogP contribution in [0, 0.1) is 0 Å². The summed E-state index contributed by atoms with van der Waals surface area (Å²) in [6.45, 7) is 10.3. The number of morpholine rings is 1. The lowest BCUT2D eigenvalue weighted by Crippen LogP contribution is -2.45. The highest BCUT2D eigenvalue weighted by atomic mass is 127. The lowest BCUT2D eigenvalue weighted by molar-refractivity contribution is 0.0220. The molecule has 2 rings (SSSR count). The first-order valence-corrected chi connectivity index (χ1v) is 10.1. The first-order valence-electron chi connectivity index (χ1n) is 9.77. The van der Waals surface area contributed by atoms with Gasteiger partial charge in [-0.25, -0.2) is 0 Å². The minimum absolute atomic E-state index is 0. The second-order valence-corrected chi connectivity index (χ2v) is 7.57. The van der Waals surface area contributed by atoms with E-state index in [0.717, 1.165) is 56.9 Å². The zero-order chi connectivity index (χ0) is 19.6. The monoisotopic (exact) mass is 523 g/mol. The molecule has 1 aliphatic rings. The lowest BCUT2D eigenvalue weighted by atomic mass is 10.1. The molecule has 0 amide bonds. The maximum Gasteiger partial charge on any atom is 0.191 e. The summed E-state index contributed by atoms with van der Waals surface area (Å²) < 4.78 is 5.44. The number of hydrogen-bond acceptors (Lipinski definition) is 4. The zero-order valence-corrected chi connectivity index (χ0v) is 20.5. The average molecular weight is 524 g/mol. The van der Waals surface area contributed by atoms with Crippen LogP contribution in [0.5, 0.6) is 0 Å². The SMILES string of the molecule is CCNC(=NCC(C)N1CCOCC1)NCC(c1ccc(Cl)cc1)N(C)C.I. The van der Waals surface area contributed by atoms with Crippen molar-refractivity contribution >= 4 is 41.5 Å². The van der Waals surface area contributed by atoms with Crippen LogP contribution in [0.1, 0.15) is 25.5 Å². The molecule has 0 aliphatic carbocycles. The fourth-order valence-electron chi connectivity index (χ4n) is 3.18. The summed E-state index contributed by atoms with van der Waals surface area (Å²) >= 11 is 6.03. The predicted molar refractivity (Wildman–Crippen MR) is 129 cm³/mol. The van der Waals surface area contributed by atoms with Gasteiger partial charge in [-0.1, -0.05) is 23.7 Å². The van der Waals surface area contributed by atoms with Gasteiger partial charge in [0.1, 0.15) is 0 Å². The number of likely N-dealkylation sites (N-methyl/N-ethyl adjacent to an activating group) is 1. The van der Waals surface area contributed by atoms with Gasteiger partial charge in [0.25, 0.3) is 0 Å². The Morgan fingerprint density at radius 3 is 2.43 bits per heavy atom. The number of guanidine groups is 1. The van der Waals surface area contributed by atoms with Crippen LogP contribution in [0.2, 0.25) is 5.02 Å². The fraction of sp³-hybridized carbons (Fsp3) is 0.650. The average Bonchev–Trinajstić information content (AvgIpc) is 2.67. The standard InChI is InChI=1S/C20H34ClN5O.HI/c1-5-22-20(23-14-16(2)26-10-12-27-13-11-26)24-15-19(25(3)4)17-6-8-18(21)9-7-17;/h6-9,16,19H,5,10-15H2,1-4H3,(H2,22,23,24);1H. The molecule has 2 atom stereocenters. The Morgan fingerprint density at radius 2 is 1.86 bits per heavy atom. The highest BCUT2D eigenvalue weighted by Crippen LogP contribution is 2.19. The summed E-state index contributed by atoms with van der Waals surface area (Å²) in [5.41, 5.74) is 1.23. The van der Waals surface area contributed by atoms with Crippen LogP contribution in [0.25, 0.3) is 0 Å². The molecule has 28 heavy (non-hydrogen) atoms. The summed E-state index contributed by atoms with van der Waals surface area (Å²) in [7, 11) is 4.18. The molecule has 0 saturated carbocycles. The first kappa shape index (κ1) is 25.4. The van der Waals surface area contributed by atoms with Crippen molar-refractivity contribution in [3.63, 3.8) is 0 Å². The van der Waals surface area contributed by atoms with Crippen LogP contribution in [0.4, 0.5) is 0 Å². The molecule has 1 fully saturated rings. The molecular weight excluding hydrogens is 489 g/mol. The van der Waals surface area contributed by atoms with E-state index in [4.69, 9.17) is 21.3 Å². The van der Waals surface area contributed by atoms with Crippen molar-refractivity contribution in [1.29, 1.82) is 0 Å². The van der Waals surface area contributed by atoms with E-state index in [2.05, 4.69) is 60.5 Å². The van der Waals surface area contributed by atoms with Crippen molar-refractivity contribution in [2.75, 3.05) is 60.0 Å². The van der Waals surface area contributed by atoms with Gasteiger partial charge in [0, 0.05) is 37.2 Å². The third-order valence-electron chi connectivity index (χ3n) is 4.87. The number of rotatable bonds is 8. The molecule has 2 unspecified atom stereocenters. The fourth-order valence-corrected chi connectivity index (χ4v) is 3.30. The third kappa shape index (κ3) is 8.41. The first-order chi connectivity index (χ1) is 13.0. The minimum Gasteiger partial charge on any atom is -0.379 e. The van der Waals surface area contributed by atoms with Crippen LogP contribution in [-0.4, -0.2) is 81.8 Å². The molecule has 1 aromatic carbocycles. The Balaban J connectivity index is 0.00000392. The number of aliphatic imine (C=N–C) groups is 1. The molecule has 0 radical (unpaired) electrons. The number of ether oxygens (including phenoxy) is 1. The number of nitrogens with one attached hydrogen (secondary N) is 2. The van der Waals surface area contributed by atoms with Crippen molar-refractivity contribution in [2.45, 2.75) is 25.9 Å². The highest BCUT2D eigenvalue weighted by molar-refractivity contribution is 14.0. The van der Waals surface area contributed by atoms with Crippen molar-refractivity contribution in [1.82, 2.24) is 20.4 Å². The van der Waals surface area contributed by atoms with Gasteiger partial charge < -0.3 is 20.3 Å². The number of halogens is 2. The molecule has 1 aromatic rings. The van der Waals surface area contributed by atoms with Gasteiger partial charge in [-0.15, -0.1) is 24.0 Å². The second-order valence-electron chi connectivity index (χ2n) is 7.13. The Morgan fingerprint density at radius 1 is 1.21 bits per heavy atom. The topological polar surface area (TPSA) is 52.1 Å². The Bertz CT molecular complexity index is 578. The van der Waals surface area contributed by atoms with Gasteiger partial charge in [-0.2, -0.15) is 0 Å². The van der Waals surface area contributed by atoms with Crippen molar-refractivity contribution in [3.05, 3.63) is 34.9 Å². The molecule has 2 N–H and O–H groups in total. The molecule has 160 valence electrons.